The smallest absolute Gasteiger partial charge is 0.229 e. The molecule has 1 aliphatic rings. The first-order valence-corrected chi connectivity index (χ1v) is 9.55. The van der Waals surface area contributed by atoms with E-state index in [0.29, 0.717) is 5.56 Å². The van der Waals surface area contributed by atoms with Gasteiger partial charge in [0.1, 0.15) is 0 Å². The molecule has 3 rings (SSSR count). The summed E-state index contributed by atoms with van der Waals surface area (Å²) in [6.07, 6.45) is 4.29. The van der Waals surface area contributed by atoms with E-state index in [1.165, 1.54) is 17.3 Å². The van der Waals surface area contributed by atoms with Crippen LogP contribution in [0.4, 0.5) is 0 Å². The minimum atomic E-state index is -0.346. The molecule has 0 saturated heterocycles. The van der Waals surface area contributed by atoms with E-state index >= 15 is 0 Å². The fourth-order valence-electron chi connectivity index (χ4n) is 3.00. The zero-order valence-electron chi connectivity index (χ0n) is 14.0. The second-order valence-electron chi connectivity index (χ2n) is 6.23. The van der Waals surface area contributed by atoms with Gasteiger partial charge in [0.15, 0.2) is 0 Å². The van der Waals surface area contributed by atoms with Gasteiger partial charge in [-0.1, -0.05) is 66.7 Å². The van der Waals surface area contributed by atoms with Crippen molar-refractivity contribution in [1.29, 1.82) is 0 Å². The zero-order valence-corrected chi connectivity index (χ0v) is 14.8. The Morgan fingerprint density at radius 2 is 1.76 bits per heavy atom. The van der Waals surface area contributed by atoms with Crippen molar-refractivity contribution in [3.05, 3.63) is 70.8 Å². The lowest BCUT2D eigenvalue weighted by Gasteiger charge is -2.04. The van der Waals surface area contributed by atoms with E-state index in [1.54, 1.807) is 6.07 Å². The van der Waals surface area contributed by atoms with Crippen LogP contribution >= 0.6 is 11.8 Å². The fourth-order valence-corrected chi connectivity index (χ4v) is 3.84. The molecular weight excluding hydrogens is 332 g/mol. The molecule has 0 aromatic heterocycles. The number of unbranched alkanes of at least 4 members (excludes halogenated alkanes) is 2. The highest BCUT2D eigenvalue weighted by atomic mass is 32.2. The second-order valence-corrected chi connectivity index (χ2v) is 7.30. The highest BCUT2D eigenvalue weighted by Gasteiger charge is 2.27. The number of carbonyl (C=O) groups excluding carboxylic acids is 3. The average molecular weight is 352 g/mol. The normalized spacial score (nSPS) is 13.1. The summed E-state index contributed by atoms with van der Waals surface area (Å²) in [5, 5.41) is 0.133. The topological polar surface area (TPSA) is 51.2 Å². The van der Waals surface area contributed by atoms with Crippen LogP contribution in [0.15, 0.2) is 48.5 Å². The predicted molar refractivity (Wildman–Crippen MR) is 100 cm³/mol. The van der Waals surface area contributed by atoms with Crippen LogP contribution in [0, 0.1) is 0 Å². The summed E-state index contributed by atoms with van der Waals surface area (Å²) in [5.74, 6) is 0.190. The molecule has 0 N–H and O–H groups in total. The molecule has 0 radical (unpaired) electrons. The third kappa shape index (κ3) is 4.45. The number of thioether (sulfide) groups is 1. The minimum Gasteiger partial charge on any atom is -0.290 e. The molecule has 0 bridgehead atoms. The Hall–Kier alpha value is -2.20. The molecule has 0 heterocycles. The lowest BCUT2D eigenvalue weighted by Crippen LogP contribution is -2.05. The lowest BCUT2D eigenvalue weighted by atomic mass is 10.0. The van der Waals surface area contributed by atoms with E-state index in [1.807, 2.05) is 42.5 Å². The van der Waals surface area contributed by atoms with Crippen molar-refractivity contribution < 1.29 is 14.4 Å². The number of aryl methyl sites for hydroxylation is 1. The summed E-state index contributed by atoms with van der Waals surface area (Å²) in [5.41, 5.74) is 3.38. The highest BCUT2D eigenvalue weighted by molar-refractivity contribution is 8.14. The second kappa shape index (κ2) is 8.26. The minimum absolute atomic E-state index is 0.133. The van der Waals surface area contributed by atoms with Gasteiger partial charge in [-0.15, -0.1) is 0 Å². The van der Waals surface area contributed by atoms with Gasteiger partial charge in [0.2, 0.25) is 16.7 Å². The monoisotopic (exact) mass is 352 g/mol. The van der Waals surface area contributed by atoms with Gasteiger partial charge >= 0.3 is 0 Å². The van der Waals surface area contributed by atoms with Crippen LogP contribution in [0.1, 0.15) is 51.1 Å². The molecule has 2 aromatic rings. The largest absolute Gasteiger partial charge is 0.290 e. The predicted octanol–water partition coefficient (Wildman–Crippen LogP) is 4.28. The van der Waals surface area contributed by atoms with E-state index in [2.05, 4.69) is 0 Å². The quantitative estimate of drug-likeness (QED) is 0.551. The Bertz CT molecular complexity index is 796. The standard InChI is InChI=1S/C21H20O3S/c22-19-14-17-13-15(10-11-18(17)20(19)23)7-3-2-6-12-25-21(24)16-8-4-1-5-9-16/h1,4-5,8-11,13H,2-3,6-7,12,14H2. The van der Waals surface area contributed by atoms with E-state index in [-0.39, 0.29) is 23.1 Å². The number of carbonyl (C=O) groups is 3. The molecule has 128 valence electrons. The Morgan fingerprint density at radius 3 is 2.56 bits per heavy atom. The van der Waals surface area contributed by atoms with Gasteiger partial charge in [-0.05, 0) is 30.4 Å². The number of fused-ring (bicyclic) bond motifs is 1. The maximum absolute atomic E-state index is 12.0. The van der Waals surface area contributed by atoms with Crippen molar-refractivity contribution in [3.63, 3.8) is 0 Å². The van der Waals surface area contributed by atoms with E-state index in [9.17, 15) is 14.4 Å². The van der Waals surface area contributed by atoms with E-state index in [0.717, 1.165) is 42.6 Å². The Balaban J connectivity index is 1.37. The van der Waals surface area contributed by atoms with Crippen LogP contribution in [-0.4, -0.2) is 22.4 Å². The molecule has 0 unspecified atom stereocenters. The Morgan fingerprint density at radius 1 is 0.960 bits per heavy atom. The number of Topliss-reactive ketones (excluding diaryl/α,β-unsaturated/α-hetero) is 2. The van der Waals surface area contributed by atoms with Gasteiger partial charge in [-0.2, -0.15) is 0 Å². The van der Waals surface area contributed by atoms with E-state index < -0.39 is 0 Å². The van der Waals surface area contributed by atoms with Crippen LogP contribution in [0.3, 0.4) is 0 Å². The summed E-state index contributed by atoms with van der Waals surface area (Å²) >= 11 is 1.38. The maximum Gasteiger partial charge on any atom is 0.229 e. The molecule has 2 aromatic carbocycles. The number of rotatable bonds is 7. The molecule has 0 saturated carbocycles. The third-order valence-electron chi connectivity index (χ3n) is 4.37. The van der Waals surface area contributed by atoms with Crippen molar-refractivity contribution in [2.75, 3.05) is 5.75 Å². The van der Waals surface area contributed by atoms with Crippen LogP contribution in [0.25, 0.3) is 0 Å². The fraction of sp³-hybridized carbons (Fsp3) is 0.286. The molecule has 4 heteroatoms. The molecule has 0 spiro atoms. The van der Waals surface area contributed by atoms with Gasteiger partial charge in [-0.3, -0.25) is 14.4 Å². The average Bonchev–Trinajstić information content (AvgIpc) is 2.92. The van der Waals surface area contributed by atoms with Crippen LogP contribution < -0.4 is 0 Å². The molecule has 1 aliphatic carbocycles. The first kappa shape index (κ1) is 17.6. The molecule has 0 amide bonds. The molecule has 0 aliphatic heterocycles. The van der Waals surface area contributed by atoms with Crippen molar-refractivity contribution in [1.82, 2.24) is 0 Å². The van der Waals surface area contributed by atoms with Gasteiger partial charge in [0.25, 0.3) is 0 Å². The molecule has 0 fully saturated rings. The van der Waals surface area contributed by atoms with Crippen LogP contribution in [-0.2, 0) is 17.6 Å². The van der Waals surface area contributed by atoms with Crippen molar-refractivity contribution in [2.45, 2.75) is 32.1 Å². The highest BCUT2D eigenvalue weighted by Crippen LogP contribution is 2.22. The first-order chi connectivity index (χ1) is 12.1. The Labute approximate surface area is 151 Å². The summed E-state index contributed by atoms with van der Waals surface area (Å²) in [7, 11) is 0. The van der Waals surface area contributed by atoms with Gasteiger partial charge in [0.05, 0.1) is 0 Å². The first-order valence-electron chi connectivity index (χ1n) is 8.56. The molecule has 0 atom stereocenters. The molecule has 25 heavy (non-hydrogen) atoms. The number of ketones is 2. The summed E-state index contributed by atoms with van der Waals surface area (Å²) in [6.45, 7) is 0. The lowest BCUT2D eigenvalue weighted by molar-refractivity contribution is -0.114. The zero-order chi connectivity index (χ0) is 17.6. The summed E-state index contributed by atoms with van der Waals surface area (Å²) in [4.78, 5) is 35.0. The van der Waals surface area contributed by atoms with Crippen molar-refractivity contribution >= 4 is 28.4 Å². The van der Waals surface area contributed by atoms with Crippen LogP contribution in [0.2, 0.25) is 0 Å². The van der Waals surface area contributed by atoms with E-state index in [4.69, 9.17) is 0 Å². The molecule has 3 nitrogen and oxygen atoms in total. The van der Waals surface area contributed by atoms with Gasteiger partial charge in [-0.25, -0.2) is 0 Å². The molecular formula is C21H20O3S. The third-order valence-corrected chi connectivity index (χ3v) is 5.36. The Kier molecular flexibility index (Phi) is 5.82. The van der Waals surface area contributed by atoms with Gasteiger partial charge in [0, 0.05) is 23.3 Å². The summed E-state index contributed by atoms with van der Waals surface area (Å²) in [6, 6.07) is 15.1. The SMILES string of the molecule is O=C1Cc2cc(CCCCCSC(=O)c3ccccc3)ccc2C1=O. The summed E-state index contributed by atoms with van der Waals surface area (Å²) < 4.78 is 0. The number of benzene rings is 2. The van der Waals surface area contributed by atoms with Gasteiger partial charge < -0.3 is 0 Å². The van der Waals surface area contributed by atoms with Crippen molar-refractivity contribution in [2.24, 2.45) is 0 Å². The number of hydrogen-bond donors (Lipinski definition) is 0. The van der Waals surface area contributed by atoms with Crippen molar-refractivity contribution in [3.8, 4) is 0 Å². The maximum atomic E-state index is 12.0. The number of hydrogen-bond acceptors (Lipinski definition) is 4. The van der Waals surface area contributed by atoms with Crippen LogP contribution in [0.5, 0.6) is 0 Å².